The highest BCUT2D eigenvalue weighted by Gasteiger charge is 2.24. The summed E-state index contributed by atoms with van der Waals surface area (Å²) >= 11 is 0. The Balaban J connectivity index is 2.64. The fraction of sp³-hybridized carbons (Fsp3) is 0.333. The summed E-state index contributed by atoms with van der Waals surface area (Å²) in [6.07, 6.45) is 9.39. The Morgan fingerprint density at radius 1 is 1.46 bits per heavy atom. The lowest BCUT2D eigenvalue weighted by Gasteiger charge is -2.23. The zero-order valence-electron chi connectivity index (χ0n) is 7.85. The van der Waals surface area contributed by atoms with Crippen LogP contribution in [-0.2, 0) is 0 Å². The number of nitrogens with one attached hydrogen (secondary N) is 1. The van der Waals surface area contributed by atoms with Gasteiger partial charge in [-0.15, -0.1) is 0 Å². The molecule has 0 saturated heterocycles. The molecule has 70 valence electrons. The summed E-state index contributed by atoms with van der Waals surface area (Å²) in [6, 6.07) is 0.0912. The van der Waals surface area contributed by atoms with Gasteiger partial charge in [0.2, 0.25) is 0 Å². The molecule has 1 heterocycles. The molecule has 1 aliphatic rings. The van der Waals surface area contributed by atoms with E-state index in [-0.39, 0.29) is 18.7 Å². The molecular weight excluding hydrogens is 161 g/mol. The first kappa shape index (κ1) is 9.93. The molecule has 5 N–H and O–H groups in total. The van der Waals surface area contributed by atoms with Crippen LogP contribution < -0.4 is 16.7 Å². The minimum absolute atomic E-state index is 0.0912. The summed E-state index contributed by atoms with van der Waals surface area (Å²) in [6.45, 7) is 2.24. The van der Waals surface area contributed by atoms with E-state index in [0.29, 0.717) is 0 Å². The SMILES string of the molecule is CC(N)C(C=CN)B1C=CC=CN1. The molecular formula is C9H16BN3. The summed E-state index contributed by atoms with van der Waals surface area (Å²) in [5.74, 6) is 2.33. The van der Waals surface area contributed by atoms with E-state index >= 15 is 0 Å². The van der Waals surface area contributed by atoms with Gasteiger partial charge in [0.05, 0.1) is 0 Å². The summed E-state index contributed by atoms with van der Waals surface area (Å²) in [7, 11) is 0. The van der Waals surface area contributed by atoms with Crippen molar-refractivity contribution < 1.29 is 0 Å². The van der Waals surface area contributed by atoms with Gasteiger partial charge in [-0.3, -0.25) is 0 Å². The molecule has 0 aromatic carbocycles. The Hall–Kier alpha value is -1.16. The van der Waals surface area contributed by atoms with E-state index in [2.05, 4.69) is 11.2 Å². The van der Waals surface area contributed by atoms with E-state index in [1.807, 2.05) is 31.4 Å². The second kappa shape index (κ2) is 4.77. The van der Waals surface area contributed by atoms with Gasteiger partial charge in [-0.25, -0.2) is 0 Å². The van der Waals surface area contributed by atoms with Crippen LogP contribution in [0, 0.1) is 0 Å². The van der Waals surface area contributed by atoms with Gasteiger partial charge >= 0.3 is 0 Å². The largest absolute Gasteiger partial charge is 0.430 e. The highest BCUT2D eigenvalue weighted by molar-refractivity contribution is 6.64. The predicted molar refractivity (Wildman–Crippen MR) is 57.9 cm³/mol. The quantitative estimate of drug-likeness (QED) is 0.546. The lowest BCUT2D eigenvalue weighted by atomic mass is 9.49. The smallest absolute Gasteiger partial charge is 0.286 e. The number of hydrogen-bond acceptors (Lipinski definition) is 3. The van der Waals surface area contributed by atoms with Crippen LogP contribution in [-0.4, -0.2) is 12.9 Å². The Morgan fingerprint density at radius 2 is 2.23 bits per heavy atom. The first-order valence-electron chi connectivity index (χ1n) is 4.49. The molecule has 2 unspecified atom stereocenters. The standard InChI is InChI=1S/C9H16BN3/c1-8(12)9(4-6-11)10-5-2-3-7-13-10/h2-9,13H,11-12H2,1H3. The fourth-order valence-corrected chi connectivity index (χ4v) is 1.45. The minimum atomic E-state index is 0.0912. The van der Waals surface area contributed by atoms with Gasteiger partial charge in [-0.1, -0.05) is 25.1 Å². The second-order valence-electron chi connectivity index (χ2n) is 3.26. The minimum Gasteiger partial charge on any atom is -0.430 e. The zero-order chi connectivity index (χ0) is 9.68. The van der Waals surface area contributed by atoms with Gasteiger partial charge in [0.15, 0.2) is 0 Å². The molecule has 0 aromatic rings. The molecule has 0 aliphatic carbocycles. The summed E-state index contributed by atoms with van der Waals surface area (Å²) in [4.78, 5) is 0. The van der Waals surface area contributed by atoms with E-state index in [1.54, 1.807) is 6.20 Å². The van der Waals surface area contributed by atoms with Crippen molar-refractivity contribution in [3.63, 3.8) is 0 Å². The van der Waals surface area contributed by atoms with Crippen LogP contribution >= 0.6 is 0 Å². The van der Waals surface area contributed by atoms with Crippen molar-refractivity contribution in [1.29, 1.82) is 0 Å². The number of rotatable bonds is 3. The van der Waals surface area contributed by atoms with E-state index < -0.39 is 0 Å². The second-order valence-corrected chi connectivity index (χ2v) is 3.26. The number of allylic oxidation sites excluding steroid dienone is 2. The third-order valence-electron chi connectivity index (χ3n) is 2.17. The zero-order valence-corrected chi connectivity index (χ0v) is 7.85. The van der Waals surface area contributed by atoms with Gasteiger partial charge < -0.3 is 16.7 Å². The first-order valence-corrected chi connectivity index (χ1v) is 4.49. The summed E-state index contributed by atoms with van der Waals surface area (Å²) in [5.41, 5.74) is 11.2. The van der Waals surface area contributed by atoms with Crippen molar-refractivity contribution in [2.24, 2.45) is 11.5 Å². The van der Waals surface area contributed by atoms with Gasteiger partial charge in [0.25, 0.3) is 6.85 Å². The molecule has 0 fully saturated rings. The molecule has 0 amide bonds. The summed E-state index contributed by atoms with van der Waals surface area (Å²) < 4.78 is 0. The van der Waals surface area contributed by atoms with Crippen molar-refractivity contribution >= 4 is 6.85 Å². The van der Waals surface area contributed by atoms with Crippen LogP contribution in [0.25, 0.3) is 0 Å². The highest BCUT2D eigenvalue weighted by atomic mass is 14.8. The molecule has 0 radical (unpaired) electrons. The monoisotopic (exact) mass is 177 g/mol. The molecule has 3 nitrogen and oxygen atoms in total. The van der Waals surface area contributed by atoms with E-state index in [9.17, 15) is 0 Å². The van der Waals surface area contributed by atoms with Gasteiger partial charge in [0, 0.05) is 6.04 Å². The molecule has 2 atom stereocenters. The lowest BCUT2D eigenvalue weighted by Crippen LogP contribution is -2.41. The average Bonchev–Trinajstić information content (AvgIpc) is 2.15. The normalized spacial score (nSPS) is 20.3. The van der Waals surface area contributed by atoms with Crippen LogP contribution in [0.15, 0.2) is 36.6 Å². The average molecular weight is 177 g/mol. The van der Waals surface area contributed by atoms with Gasteiger partial charge in [-0.2, -0.15) is 0 Å². The van der Waals surface area contributed by atoms with Crippen molar-refractivity contribution in [2.75, 3.05) is 0 Å². The van der Waals surface area contributed by atoms with Crippen molar-refractivity contribution in [3.8, 4) is 0 Å². The molecule has 0 spiro atoms. The van der Waals surface area contributed by atoms with Crippen molar-refractivity contribution in [1.82, 2.24) is 5.23 Å². The van der Waals surface area contributed by atoms with Gasteiger partial charge in [0.1, 0.15) is 0 Å². The van der Waals surface area contributed by atoms with Crippen molar-refractivity contribution in [2.45, 2.75) is 18.8 Å². The van der Waals surface area contributed by atoms with Crippen LogP contribution in [0.5, 0.6) is 0 Å². The molecule has 0 saturated carbocycles. The van der Waals surface area contributed by atoms with Gasteiger partial charge in [-0.05, 0) is 24.3 Å². The molecule has 1 rings (SSSR count). The topological polar surface area (TPSA) is 64.1 Å². The molecule has 0 aromatic heterocycles. The maximum atomic E-state index is 5.85. The molecule has 4 heteroatoms. The van der Waals surface area contributed by atoms with Crippen LogP contribution in [0.3, 0.4) is 0 Å². The predicted octanol–water partition coefficient (Wildman–Crippen LogP) is 0.380. The molecule has 1 aliphatic heterocycles. The number of hydrogen-bond donors (Lipinski definition) is 3. The molecule has 13 heavy (non-hydrogen) atoms. The summed E-state index contributed by atoms with van der Waals surface area (Å²) in [5, 5.41) is 3.23. The van der Waals surface area contributed by atoms with E-state index in [4.69, 9.17) is 11.5 Å². The third-order valence-corrected chi connectivity index (χ3v) is 2.17. The number of nitrogens with two attached hydrogens (primary N) is 2. The lowest BCUT2D eigenvalue weighted by molar-refractivity contribution is 0.737. The maximum Gasteiger partial charge on any atom is 0.286 e. The van der Waals surface area contributed by atoms with Crippen LogP contribution in [0.2, 0.25) is 5.82 Å². The molecule has 0 bridgehead atoms. The highest BCUT2D eigenvalue weighted by Crippen LogP contribution is 2.16. The maximum absolute atomic E-state index is 5.85. The Kier molecular flexibility index (Phi) is 3.64. The Morgan fingerprint density at radius 3 is 2.69 bits per heavy atom. The first-order chi connectivity index (χ1) is 6.25. The third kappa shape index (κ3) is 2.66. The van der Waals surface area contributed by atoms with E-state index in [1.165, 1.54) is 0 Å². The fourth-order valence-electron chi connectivity index (χ4n) is 1.45. The van der Waals surface area contributed by atoms with Crippen LogP contribution in [0.1, 0.15) is 6.92 Å². The van der Waals surface area contributed by atoms with Crippen LogP contribution in [0.4, 0.5) is 0 Å². The Labute approximate surface area is 79.7 Å². The Bertz CT molecular complexity index is 233. The van der Waals surface area contributed by atoms with E-state index in [0.717, 1.165) is 0 Å². The van der Waals surface area contributed by atoms with Crippen molar-refractivity contribution in [3.05, 3.63) is 36.6 Å².